The van der Waals surface area contributed by atoms with E-state index in [1.165, 1.54) is 13.8 Å². The second-order valence-electron chi connectivity index (χ2n) is 10.6. The van der Waals surface area contributed by atoms with Crippen LogP contribution in [0.15, 0.2) is 22.6 Å². The molecule has 3 aromatic rings. The zero-order valence-corrected chi connectivity index (χ0v) is 25.3. The van der Waals surface area contributed by atoms with Gasteiger partial charge in [-0.25, -0.2) is 9.97 Å². The van der Waals surface area contributed by atoms with Gasteiger partial charge in [0.15, 0.2) is 11.4 Å². The number of aliphatic hydroxyl groups is 3. The number of rotatable bonds is 14. The van der Waals surface area contributed by atoms with E-state index < -0.39 is 5.79 Å². The maximum Gasteiger partial charge on any atom is 0.214 e. The van der Waals surface area contributed by atoms with Gasteiger partial charge in [-0.3, -0.25) is 0 Å². The Morgan fingerprint density at radius 2 is 1.77 bits per heavy atom. The number of nitrogens with zero attached hydrogens (tertiary/aromatic N) is 2. The lowest BCUT2D eigenvalue weighted by atomic mass is 10.00. The molecule has 0 bridgehead atoms. The normalized spacial score (nSPS) is 13.0. The molecule has 0 aromatic carbocycles. The third-order valence-electron chi connectivity index (χ3n) is 6.17. The molecule has 224 valence electrons. The molecule has 3 aromatic heterocycles. The Bertz CT molecular complexity index is 1190. The molecule has 40 heavy (non-hydrogen) atoms. The summed E-state index contributed by atoms with van der Waals surface area (Å²) in [6, 6.07) is 6.21. The van der Waals surface area contributed by atoms with Crippen molar-refractivity contribution < 1.29 is 29.2 Å². The van der Waals surface area contributed by atoms with Gasteiger partial charge in [0, 0.05) is 37.8 Å². The highest BCUT2D eigenvalue weighted by atomic mass is 16.5. The number of furan rings is 1. The Morgan fingerprint density at radius 3 is 2.38 bits per heavy atom. The van der Waals surface area contributed by atoms with Gasteiger partial charge >= 0.3 is 0 Å². The number of aryl methyl sites for hydroxylation is 2. The second-order valence-corrected chi connectivity index (χ2v) is 10.6. The van der Waals surface area contributed by atoms with Crippen molar-refractivity contribution in [3.63, 3.8) is 0 Å². The van der Waals surface area contributed by atoms with Gasteiger partial charge in [0.05, 0.1) is 24.5 Å². The second kappa shape index (κ2) is 15.8. The Labute approximate surface area is 238 Å². The van der Waals surface area contributed by atoms with Crippen LogP contribution in [0, 0.1) is 19.8 Å². The van der Waals surface area contributed by atoms with E-state index >= 15 is 0 Å². The number of hydrogen-bond donors (Lipinski definition) is 5. The summed E-state index contributed by atoms with van der Waals surface area (Å²) in [7, 11) is 1.69. The van der Waals surface area contributed by atoms with Crippen LogP contribution >= 0.6 is 0 Å². The first-order valence-corrected chi connectivity index (χ1v) is 14.0. The minimum absolute atomic E-state index is 0.202. The molecule has 0 amide bonds. The van der Waals surface area contributed by atoms with E-state index in [4.69, 9.17) is 29.1 Å². The van der Waals surface area contributed by atoms with E-state index in [2.05, 4.69) is 36.4 Å². The first kappa shape index (κ1) is 33.3. The van der Waals surface area contributed by atoms with E-state index in [-0.39, 0.29) is 18.6 Å². The molecule has 2 atom stereocenters. The SMILES string of the molecule is CC(C)(O)O.CCOc1cc2cc(-c3c(C)cc(NCCOC)nc3NC(CC)CCC(C)CO)oc2c(C)n1. The van der Waals surface area contributed by atoms with Gasteiger partial charge in [0.25, 0.3) is 0 Å². The van der Waals surface area contributed by atoms with Crippen molar-refractivity contribution in [2.24, 2.45) is 5.92 Å². The zero-order valence-electron chi connectivity index (χ0n) is 25.3. The van der Waals surface area contributed by atoms with Crippen LogP contribution in [0.2, 0.25) is 0 Å². The predicted molar refractivity (Wildman–Crippen MR) is 160 cm³/mol. The number of methoxy groups -OCH3 is 1. The van der Waals surface area contributed by atoms with Crippen molar-refractivity contribution >= 4 is 22.6 Å². The predicted octanol–water partition coefficient (Wildman–Crippen LogP) is 5.27. The summed E-state index contributed by atoms with van der Waals surface area (Å²) in [5.74, 6) is 1.68. The topological polar surface area (TPSA) is 142 Å². The van der Waals surface area contributed by atoms with Crippen LogP contribution in [0.1, 0.15) is 65.1 Å². The largest absolute Gasteiger partial charge is 0.478 e. The quantitative estimate of drug-likeness (QED) is 0.131. The smallest absolute Gasteiger partial charge is 0.214 e. The summed E-state index contributed by atoms with van der Waals surface area (Å²) in [5.41, 5.74) is 3.53. The summed E-state index contributed by atoms with van der Waals surface area (Å²) in [5, 5.41) is 33.6. The Balaban J connectivity index is 0.00000103. The van der Waals surface area contributed by atoms with Crippen molar-refractivity contribution in [3.05, 3.63) is 29.5 Å². The fourth-order valence-corrected chi connectivity index (χ4v) is 4.13. The molecule has 0 aliphatic heterocycles. The highest BCUT2D eigenvalue weighted by Gasteiger charge is 2.20. The molecule has 3 heterocycles. The summed E-state index contributed by atoms with van der Waals surface area (Å²) < 4.78 is 17.1. The zero-order chi connectivity index (χ0) is 29.9. The number of ether oxygens (including phenoxy) is 2. The lowest BCUT2D eigenvalue weighted by molar-refractivity contribution is -0.127. The maximum absolute atomic E-state index is 9.45. The molecule has 0 saturated carbocycles. The fraction of sp³-hybridized carbons (Fsp3) is 0.600. The molecular formula is C30H48N4O6. The summed E-state index contributed by atoms with van der Waals surface area (Å²) in [6.07, 6.45) is 2.83. The number of aromatic nitrogens is 2. The summed E-state index contributed by atoms with van der Waals surface area (Å²) in [4.78, 5) is 9.45. The molecule has 3 rings (SSSR count). The molecule has 2 unspecified atom stereocenters. The number of pyridine rings is 2. The van der Waals surface area contributed by atoms with Crippen molar-refractivity contribution in [1.82, 2.24) is 9.97 Å². The van der Waals surface area contributed by atoms with Crippen LogP contribution in [-0.2, 0) is 4.74 Å². The summed E-state index contributed by atoms with van der Waals surface area (Å²) >= 11 is 0. The van der Waals surface area contributed by atoms with E-state index in [1.807, 2.05) is 32.0 Å². The van der Waals surface area contributed by atoms with Crippen molar-refractivity contribution in [3.8, 4) is 17.2 Å². The van der Waals surface area contributed by atoms with Crippen molar-refractivity contribution in [1.29, 1.82) is 0 Å². The molecule has 0 fully saturated rings. The number of fused-ring (bicyclic) bond motifs is 1. The number of aliphatic hydroxyl groups excluding tert-OH is 1. The molecule has 10 heteroatoms. The lowest BCUT2D eigenvalue weighted by Crippen LogP contribution is -2.22. The van der Waals surface area contributed by atoms with E-state index in [1.54, 1.807) is 7.11 Å². The Hall–Kier alpha value is -2.92. The van der Waals surface area contributed by atoms with Gasteiger partial charge in [-0.1, -0.05) is 13.8 Å². The molecule has 5 N–H and O–H groups in total. The monoisotopic (exact) mass is 560 g/mol. The van der Waals surface area contributed by atoms with Gasteiger partial charge in [0.2, 0.25) is 5.88 Å². The summed E-state index contributed by atoms with van der Waals surface area (Å²) in [6.45, 7) is 14.8. The number of hydrogen-bond acceptors (Lipinski definition) is 10. The Morgan fingerprint density at radius 1 is 1.07 bits per heavy atom. The fourth-order valence-electron chi connectivity index (χ4n) is 4.13. The van der Waals surface area contributed by atoms with Crippen molar-refractivity contribution in [2.45, 2.75) is 79.6 Å². The minimum Gasteiger partial charge on any atom is -0.478 e. The van der Waals surface area contributed by atoms with E-state index in [9.17, 15) is 5.11 Å². The molecule has 0 aliphatic carbocycles. The highest BCUT2D eigenvalue weighted by Crippen LogP contribution is 2.37. The third kappa shape index (κ3) is 10.6. The van der Waals surface area contributed by atoms with Crippen LogP contribution in [-0.4, -0.2) is 70.6 Å². The van der Waals surface area contributed by atoms with E-state index in [0.29, 0.717) is 25.6 Å². The Kier molecular flexibility index (Phi) is 13.1. The average molecular weight is 561 g/mol. The average Bonchev–Trinajstić information content (AvgIpc) is 3.29. The first-order valence-electron chi connectivity index (χ1n) is 14.0. The van der Waals surface area contributed by atoms with Crippen LogP contribution < -0.4 is 15.4 Å². The van der Waals surface area contributed by atoms with Crippen LogP contribution in [0.25, 0.3) is 22.3 Å². The standard InChI is InChI=1S/C27H40N4O4.C3H8O2/c1-7-21(10-9-17(3)16-32)30-27-25(18(4)13-23(31-27)28-11-12-33-6)22-14-20-15-24(34-8-2)29-19(5)26(20)35-22;1-3(2,4)5/h13-15,17,21,32H,7-12,16H2,1-6H3,(H2,28,30,31);4-5H,1-2H3. The minimum atomic E-state index is -1.50. The van der Waals surface area contributed by atoms with Gasteiger partial charge in [-0.2, -0.15) is 0 Å². The number of nitrogens with one attached hydrogen (secondary N) is 2. The lowest BCUT2D eigenvalue weighted by Gasteiger charge is -2.22. The van der Waals surface area contributed by atoms with Gasteiger partial charge in [0.1, 0.15) is 17.4 Å². The third-order valence-corrected chi connectivity index (χ3v) is 6.17. The number of anilines is 2. The van der Waals surface area contributed by atoms with Crippen LogP contribution in [0.3, 0.4) is 0 Å². The van der Waals surface area contributed by atoms with Crippen molar-refractivity contribution in [2.75, 3.05) is 44.1 Å². The molecule has 0 aliphatic rings. The van der Waals surface area contributed by atoms with Gasteiger partial charge in [-0.05, 0) is 77.5 Å². The van der Waals surface area contributed by atoms with E-state index in [0.717, 1.165) is 64.4 Å². The van der Waals surface area contributed by atoms with Gasteiger partial charge in [-0.15, -0.1) is 0 Å². The van der Waals surface area contributed by atoms with Crippen LogP contribution in [0.4, 0.5) is 11.6 Å². The van der Waals surface area contributed by atoms with Gasteiger partial charge < -0.3 is 39.8 Å². The molecule has 0 saturated heterocycles. The van der Waals surface area contributed by atoms with Crippen LogP contribution in [0.5, 0.6) is 5.88 Å². The molecule has 10 nitrogen and oxygen atoms in total. The highest BCUT2D eigenvalue weighted by molar-refractivity contribution is 5.88. The molecule has 0 spiro atoms. The molecule has 0 radical (unpaired) electrons. The molecular weight excluding hydrogens is 512 g/mol. The first-order chi connectivity index (χ1) is 18.9. The maximum atomic E-state index is 9.45.